The minimum atomic E-state index is 0.220. The highest BCUT2D eigenvalue weighted by Crippen LogP contribution is 2.26. The van der Waals surface area contributed by atoms with E-state index >= 15 is 0 Å². The summed E-state index contributed by atoms with van der Waals surface area (Å²) in [6.45, 7) is 7.43. The van der Waals surface area contributed by atoms with Crippen LogP contribution < -0.4 is 5.32 Å². The molecule has 1 N–H and O–H groups in total. The monoisotopic (exact) mass is 242 g/mol. The van der Waals surface area contributed by atoms with Crippen LogP contribution in [0.2, 0.25) is 0 Å². The number of rotatable bonds is 3. The second kappa shape index (κ2) is 6.04. The van der Waals surface area contributed by atoms with Crippen molar-refractivity contribution in [2.24, 2.45) is 5.92 Å². The Labute approximate surface area is 110 Å². The first kappa shape index (κ1) is 13.1. The van der Waals surface area contributed by atoms with Crippen molar-refractivity contribution in [2.75, 3.05) is 19.6 Å². The summed E-state index contributed by atoms with van der Waals surface area (Å²) in [6.07, 6.45) is 5.73. The number of nitrogens with zero attached hydrogens (tertiary/aromatic N) is 1. The fourth-order valence-electron chi connectivity index (χ4n) is 2.71. The zero-order chi connectivity index (χ0) is 13.0. The molecule has 0 aromatic heterocycles. The van der Waals surface area contributed by atoms with Gasteiger partial charge in [0.1, 0.15) is 0 Å². The SMILES string of the molecule is C#CC(C(C)C)N1CCNCC1c1ccccc1. The highest BCUT2D eigenvalue weighted by Gasteiger charge is 2.30. The van der Waals surface area contributed by atoms with Crippen LogP contribution in [-0.4, -0.2) is 30.6 Å². The fourth-order valence-corrected chi connectivity index (χ4v) is 2.71. The maximum atomic E-state index is 5.73. The summed E-state index contributed by atoms with van der Waals surface area (Å²) < 4.78 is 0. The van der Waals surface area contributed by atoms with Gasteiger partial charge in [0.25, 0.3) is 0 Å². The second-order valence-corrected chi connectivity index (χ2v) is 5.22. The van der Waals surface area contributed by atoms with E-state index in [-0.39, 0.29) is 6.04 Å². The van der Waals surface area contributed by atoms with Crippen LogP contribution in [0.25, 0.3) is 0 Å². The largest absolute Gasteiger partial charge is 0.314 e. The standard InChI is InChI=1S/C16H22N2/c1-4-15(13(2)3)18-11-10-17-12-16(18)14-8-6-5-7-9-14/h1,5-9,13,15-17H,10-12H2,2-3H3. The Morgan fingerprint density at radius 3 is 2.67 bits per heavy atom. The van der Waals surface area contributed by atoms with Crippen molar-refractivity contribution < 1.29 is 0 Å². The van der Waals surface area contributed by atoms with Crippen molar-refractivity contribution in [3.8, 4) is 12.3 Å². The van der Waals surface area contributed by atoms with Crippen molar-refractivity contribution in [1.82, 2.24) is 10.2 Å². The smallest absolute Gasteiger partial charge is 0.0741 e. The van der Waals surface area contributed by atoms with Crippen molar-refractivity contribution >= 4 is 0 Å². The fraction of sp³-hybridized carbons (Fsp3) is 0.500. The quantitative estimate of drug-likeness (QED) is 0.818. The molecule has 18 heavy (non-hydrogen) atoms. The van der Waals surface area contributed by atoms with Crippen LogP contribution in [0.3, 0.4) is 0 Å². The topological polar surface area (TPSA) is 15.3 Å². The molecule has 2 rings (SSSR count). The molecular weight excluding hydrogens is 220 g/mol. The number of terminal acetylenes is 1. The summed E-state index contributed by atoms with van der Waals surface area (Å²) in [5.41, 5.74) is 1.35. The van der Waals surface area contributed by atoms with Crippen LogP contribution in [0.5, 0.6) is 0 Å². The molecule has 0 aliphatic carbocycles. The van der Waals surface area contributed by atoms with Crippen molar-refractivity contribution in [1.29, 1.82) is 0 Å². The van der Waals surface area contributed by atoms with Crippen molar-refractivity contribution in [3.63, 3.8) is 0 Å². The Balaban J connectivity index is 2.24. The molecule has 0 saturated carbocycles. The maximum Gasteiger partial charge on any atom is 0.0741 e. The lowest BCUT2D eigenvalue weighted by Crippen LogP contribution is -2.51. The van der Waals surface area contributed by atoms with Crippen LogP contribution in [-0.2, 0) is 0 Å². The molecule has 1 aromatic rings. The van der Waals surface area contributed by atoms with E-state index in [4.69, 9.17) is 6.42 Å². The number of nitrogens with one attached hydrogen (secondary N) is 1. The van der Waals surface area contributed by atoms with Crippen LogP contribution in [0, 0.1) is 18.3 Å². The lowest BCUT2D eigenvalue weighted by molar-refractivity contribution is 0.110. The molecule has 1 aromatic carbocycles. The molecule has 2 heteroatoms. The second-order valence-electron chi connectivity index (χ2n) is 5.22. The number of benzene rings is 1. The molecule has 1 saturated heterocycles. The number of hydrogen-bond acceptors (Lipinski definition) is 2. The molecule has 96 valence electrons. The van der Waals surface area contributed by atoms with E-state index in [2.05, 4.69) is 60.3 Å². The van der Waals surface area contributed by atoms with Crippen LogP contribution in [0.4, 0.5) is 0 Å². The third kappa shape index (κ3) is 2.75. The Morgan fingerprint density at radius 1 is 1.33 bits per heavy atom. The average Bonchev–Trinajstić information content (AvgIpc) is 2.41. The maximum absolute atomic E-state index is 5.73. The van der Waals surface area contributed by atoms with Crippen molar-refractivity contribution in [3.05, 3.63) is 35.9 Å². The van der Waals surface area contributed by atoms with E-state index < -0.39 is 0 Å². The zero-order valence-electron chi connectivity index (χ0n) is 11.3. The molecule has 0 bridgehead atoms. The number of piperazine rings is 1. The van der Waals surface area contributed by atoms with Gasteiger partial charge in [-0.1, -0.05) is 50.1 Å². The van der Waals surface area contributed by atoms with E-state index in [1.807, 2.05) is 0 Å². The molecule has 1 fully saturated rings. The van der Waals surface area contributed by atoms with Crippen molar-refractivity contribution in [2.45, 2.75) is 25.9 Å². The lowest BCUT2D eigenvalue weighted by Gasteiger charge is -2.41. The molecule has 0 amide bonds. The third-order valence-corrected chi connectivity index (χ3v) is 3.63. The van der Waals surface area contributed by atoms with E-state index in [1.165, 1.54) is 5.56 Å². The summed E-state index contributed by atoms with van der Waals surface area (Å²) >= 11 is 0. The molecule has 2 atom stereocenters. The first-order chi connectivity index (χ1) is 8.74. The third-order valence-electron chi connectivity index (χ3n) is 3.63. The minimum Gasteiger partial charge on any atom is -0.314 e. The van der Waals surface area contributed by atoms with E-state index in [1.54, 1.807) is 0 Å². The Hall–Kier alpha value is -1.30. The lowest BCUT2D eigenvalue weighted by atomic mass is 9.96. The normalized spacial score (nSPS) is 22.7. The van der Waals surface area contributed by atoms with Gasteiger partial charge in [-0.2, -0.15) is 0 Å². The summed E-state index contributed by atoms with van der Waals surface area (Å²) in [5.74, 6) is 3.45. The molecule has 2 nitrogen and oxygen atoms in total. The van der Waals surface area contributed by atoms with Gasteiger partial charge < -0.3 is 5.32 Å². The molecule has 1 heterocycles. The Bertz CT molecular complexity index is 405. The Morgan fingerprint density at radius 2 is 2.06 bits per heavy atom. The molecule has 2 unspecified atom stereocenters. The van der Waals surface area contributed by atoms with Gasteiger partial charge in [-0.15, -0.1) is 6.42 Å². The molecule has 1 aliphatic rings. The highest BCUT2D eigenvalue weighted by molar-refractivity contribution is 5.21. The van der Waals surface area contributed by atoms with Gasteiger partial charge in [0.2, 0.25) is 0 Å². The van der Waals surface area contributed by atoms with Gasteiger partial charge in [0.05, 0.1) is 6.04 Å². The molecule has 0 radical (unpaired) electrons. The Kier molecular flexibility index (Phi) is 4.41. The van der Waals surface area contributed by atoms with Gasteiger partial charge in [0.15, 0.2) is 0 Å². The summed E-state index contributed by atoms with van der Waals surface area (Å²) in [6, 6.07) is 11.3. The van der Waals surface area contributed by atoms with E-state index in [9.17, 15) is 0 Å². The predicted molar refractivity (Wildman–Crippen MR) is 76.2 cm³/mol. The van der Waals surface area contributed by atoms with Gasteiger partial charge in [-0.25, -0.2) is 0 Å². The average molecular weight is 242 g/mol. The minimum absolute atomic E-state index is 0.220. The van der Waals surface area contributed by atoms with Gasteiger partial charge in [-0.3, -0.25) is 4.90 Å². The summed E-state index contributed by atoms with van der Waals surface area (Å²) in [7, 11) is 0. The van der Waals surface area contributed by atoms with Gasteiger partial charge >= 0.3 is 0 Å². The predicted octanol–water partition coefficient (Wildman–Crippen LogP) is 2.29. The van der Waals surface area contributed by atoms with E-state index in [0.717, 1.165) is 19.6 Å². The van der Waals surface area contributed by atoms with Crippen LogP contribution in [0.15, 0.2) is 30.3 Å². The number of hydrogen-bond donors (Lipinski definition) is 1. The van der Waals surface area contributed by atoms with Crippen LogP contribution in [0.1, 0.15) is 25.5 Å². The van der Waals surface area contributed by atoms with E-state index in [0.29, 0.717) is 12.0 Å². The molecule has 1 aliphatic heterocycles. The zero-order valence-corrected chi connectivity index (χ0v) is 11.3. The molecule has 0 spiro atoms. The molecular formula is C16H22N2. The van der Waals surface area contributed by atoms with Gasteiger partial charge in [0, 0.05) is 25.7 Å². The van der Waals surface area contributed by atoms with Crippen LogP contribution >= 0.6 is 0 Å². The summed E-state index contributed by atoms with van der Waals surface area (Å²) in [4.78, 5) is 2.47. The van der Waals surface area contributed by atoms with Gasteiger partial charge in [-0.05, 0) is 11.5 Å². The highest BCUT2D eigenvalue weighted by atomic mass is 15.2. The summed E-state index contributed by atoms with van der Waals surface area (Å²) in [5, 5.41) is 3.47. The first-order valence-electron chi connectivity index (χ1n) is 6.71. The first-order valence-corrected chi connectivity index (χ1v) is 6.71.